The molecule has 4 aromatic rings. The molecule has 0 fully saturated rings. The van der Waals surface area contributed by atoms with Crippen LogP contribution in [-0.2, 0) is 32.5 Å². The summed E-state index contributed by atoms with van der Waals surface area (Å²) in [4.78, 5) is 55.2. The zero-order chi connectivity index (χ0) is 31.7. The van der Waals surface area contributed by atoms with E-state index in [1.165, 1.54) is 21.8 Å². The summed E-state index contributed by atoms with van der Waals surface area (Å²) in [7, 11) is 0. The van der Waals surface area contributed by atoms with Crippen LogP contribution in [0.3, 0.4) is 0 Å². The van der Waals surface area contributed by atoms with Crippen molar-refractivity contribution in [2.75, 3.05) is 37.9 Å². The first-order chi connectivity index (χ1) is 20.5. The SMILES string of the molecule is CC(C)[C@H](N)C(=O)OCC(CO)OCn1cnc2c(=O)nc(N)[nH]c21.Nc1nc2c(ncn2COC(CO)CO)c(=O)[nH]1. The molecule has 20 heteroatoms. The van der Waals surface area contributed by atoms with E-state index in [2.05, 4.69) is 29.9 Å². The summed E-state index contributed by atoms with van der Waals surface area (Å²) >= 11 is 0. The molecular formula is C23H35N11O9. The molecule has 0 aliphatic rings. The molecule has 0 radical (unpaired) electrons. The van der Waals surface area contributed by atoms with Crippen molar-refractivity contribution in [3.8, 4) is 0 Å². The lowest BCUT2D eigenvalue weighted by molar-refractivity contribution is -0.153. The maximum Gasteiger partial charge on any atom is 0.323 e. The molecule has 0 aliphatic carbocycles. The number of anilines is 2. The fourth-order valence-corrected chi connectivity index (χ4v) is 3.38. The number of aliphatic hydroxyl groups is 3. The number of hydrogen-bond acceptors (Lipinski definition) is 16. The van der Waals surface area contributed by atoms with Crippen LogP contribution in [0, 0.1) is 5.92 Å². The van der Waals surface area contributed by atoms with Crippen molar-refractivity contribution < 1.29 is 34.3 Å². The van der Waals surface area contributed by atoms with Gasteiger partial charge in [-0.3, -0.25) is 28.5 Å². The Kier molecular flexibility index (Phi) is 11.6. The summed E-state index contributed by atoms with van der Waals surface area (Å²) in [5.74, 6) is -0.688. The van der Waals surface area contributed by atoms with Crippen molar-refractivity contribution in [2.24, 2.45) is 11.7 Å². The standard InChI is InChI=1S/C14H22N6O5.C9H13N5O4/c1-7(2)9(15)13(23)24-4-8(3-21)25-6-20-5-17-10-11(20)18-14(16)19-12(10)22;10-9-12-7-6(8(17)13-9)11-3-14(7)4-18-5(1-15)2-16/h5,7-9,21H,3-4,6,15H2,1-2H3,(H3,16,18,19,22);3,5,15-16H,1-2,4H2,(H3,10,12,13,17)/t8?,9-;/m0./s1. The Balaban J connectivity index is 0.000000248. The largest absolute Gasteiger partial charge is 0.462 e. The second-order valence-electron chi connectivity index (χ2n) is 9.46. The number of esters is 1. The first-order valence-corrected chi connectivity index (χ1v) is 12.9. The lowest BCUT2D eigenvalue weighted by atomic mass is 10.1. The normalized spacial score (nSPS) is 12.9. The molecule has 4 heterocycles. The third-order valence-electron chi connectivity index (χ3n) is 5.91. The first-order valence-electron chi connectivity index (χ1n) is 12.9. The van der Waals surface area contributed by atoms with E-state index < -0.39 is 35.3 Å². The molecule has 4 aromatic heterocycles. The molecule has 0 amide bonds. The van der Waals surface area contributed by atoms with Crippen molar-refractivity contribution >= 4 is 40.2 Å². The van der Waals surface area contributed by atoms with Crippen LogP contribution in [0.4, 0.5) is 11.9 Å². The number of nitrogens with one attached hydrogen (secondary N) is 2. The number of hydrogen-bond donors (Lipinski definition) is 8. The van der Waals surface area contributed by atoms with Gasteiger partial charge in [0.25, 0.3) is 5.56 Å². The van der Waals surface area contributed by atoms with Gasteiger partial charge in [0.2, 0.25) is 11.9 Å². The van der Waals surface area contributed by atoms with E-state index in [0.29, 0.717) is 5.65 Å². The van der Waals surface area contributed by atoms with E-state index in [0.717, 1.165) is 0 Å². The zero-order valence-corrected chi connectivity index (χ0v) is 23.4. The highest BCUT2D eigenvalue weighted by Gasteiger charge is 2.21. The summed E-state index contributed by atoms with van der Waals surface area (Å²) in [6, 6.07) is -0.738. The van der Waals surface area contributed by atoms with Gasteiger partial charge in [0.15, 0.2) is 16.7 Å². The van der Waals surface area contributed by atoms with Gasteiger partial charge in [-0.2, -0.15) is 9.97 Å². The summed E-state index contributed by atoms with van der Waals surface area (Å²) < 4.78 is 18.7. The van der Waals surface area contributed by atoms with Gasteiger partial charge in [0.1, 0.15) is 44.0 Å². The van der Waals surface area contributed by atoms with Crippen LogP contribution in [0.5, 0.6) is 0 Å². The Hall–Kier alpha value is -4.47. The van der Waals surface area contributed by atoms with E-state index in [4.69, 9.17) is 41.6 Å². The zero-order valence-electron chi connectivity index (χ0n) is 23.4. The van der Waals surface area contributed by atoms with Crippen LogP contribution in [0.2, 0.25) is 0 Å². The highest BCUT2D eigenvalue weighted by atomic mass is 16.6. The Morgan fingerprint density at radius 2 is 1.49 bits per heavy atom. The number of ether oxygens (including phenoxy) is 3. The van der Waals surface area contributed by atoms with Crippen molar-refractivity contribution in [3.05, 3.63) is 33.4 Å². The summed E-state index contributed by atoms with van der Waals surface area (Å²) in [5.41, 5.74) is 16.5. The third kappa shape index (κ3) is 8.53. The van der Waals surface area contributed by atoms with Crippen molar-refractivity contribution in [3.63, 3.8) is 0 Å². The van der Waals surface area contributed by atoms with Crippen LogP contribution >= 0.6 is 0 Å². The van der Waals surface area contributed by atoms with Crippen molar-refractivity contribution in [2.45, 2.75) is 45.6 Å². The monoisotopic (exact) mass is 609 g/mol. The maximum absolute atomic E-state index is 11.7. The van der Waals surface area contributed by atoms with Gasteiger partial charge in [-0.25, -0.2) is 9.97 Å². The van der Waals surface area contributed by atoms with Gasteiger partial charge >= 0.3 is 11.5 Å². The summed E-state index contributed by atoms with van der Waals surface area (Å²) in [5, 5.41) is 27.1. The second-order valence-corrected chi connectivity index (χ2v) is 9.46. The van der Waals surface area contributed by atoms with Gasteiger partial charge in [-0.15, -0.1) is 0 Å². The van der Waals surface area contributed by atoms with E-state index >= 15 is 0 Å². The van der Waals surface area contributed by atoms with Gasteiger partial charge < -0.3 is 51.7 Å². The molecule has 0 spiro atoms. The van der Waals surface area contributed by atoms with Gasteiger partial charge in [-0.1, -0.05) is 13.8 Å². The Bertz CT molecular complexity index is 1610. The molecule has 1 unspecified atom stereocenters. The molecule has 43 heavy (non-hydrogen) atoms. The predicted octanol–water partition coefficient (Wildman–Crippen LogP) is -3.41. The lowest BCUT2D eigenvalue weighted by Crippen LogP contribution is -2.39. The number of nitrogens with two attached hydrogens (primary N) is 3. The van der Waals surface area contributed by atoms with Crippen molar-refractivity contribution in [1.29, 1.82) is 0 Å². The number of aliphatic hydroxyl groups excluding tert-OH is 3. The van der Waals surface area contributed by atoms with Crippen LogP contribution in [0.1, 0.15) is 13.8 Å². The van der Waals surface area contributed by atoms with Crippen molar-refractivity contribution in [1.82, 2.24) is 39.0 Å². The number of aromatic amines is 2. The molecule has 0 bridgehead atoms. The minimum atomic E-state index is -0.758. The molecule has 2 atom stereocenters. The summed E-state index contributed by atoms with van der Waals surface area (Å²) in [6.07, 6.45) is 1.30. The van der Waals surface area contributed by atoms with Crippen LogP contribution in [0.15, 0.2) is 22.2 Å². The minimum Gasteiger partial charge on any atom is -0.462 e. The van der Waals surface area contributed by atoms with E-state index in [-0.39, 0.29) is 74.4 Å². The minimum absolute atomic E-state index is 0.00181. The topological polar surface area (TPSA) is 311 Å². The van der Waals surface area contributed by atoms with E-state index in [1.54, 1.807) is 13.8 Å². The number of nitrogens with zero attached hydrogens (tertiary/aromatic N) is 6. The molecule has 20 nitrogen and oxygen atoms in total. The maximum atomic E-state index is 11.7. The van der Waals surface area contributed by atoms with Gasteiger partial charge in [0, 0.05) is 0 Å². The molecule has 236 valence electrons. The quantitative estimate of drug-likeness (QED) is 0.0684. The van der Waals surface area contributed by atoms with E-state index in [9.17, 15) is 19.5 Å². The fourth-order valence-electron chi connectivity index (χ4n) is 3.38. The lowest BCUT2D eigenvalue weighted by Gasteiger charge is -2.19. The Labute approximate surface area is 242 Å². The van der Waals surface area contributed by atoms with Crippen LogP contribution in [0.25, 0.3) is 22.3 Å². The molecule has 0 saturated carbocycles. The number of rotatable bonds is 13. The highest BCUT2D eigenvalue weighted by Crippen LogP contribution is 2.09. The molecule has 11 N–H and O–H groups in total. The molecule has 0 aliphatic heterocycles. The molecule has 4 rings (SSSR count). The number of aromatic nitrogens is 8. The molecule has 0 aromatic carbocycles. The number of H-pyrrole nitrogens is 2. The van der Waals surface area contributed by atoms with E-state index in [1.807, 2.05) is 0 Å². The number of carbonyl (C=O) groups excluding carboxylic acids is 1. The van der Waals surface area contributed by atoms with Gasteiger partial charge in [-0.05, 0) is 5.92 Å². The smallest absolute Gasteiger partial charge is 0.323 e. The predicted molar refractivity (Wildman–Crippen MR) is 150 cm³/mol. The first kappa shape index (κ1) is 33.0. The summed E-state index contributed by atoms with van der Waals surface area (Å²) in [6.45, 7) is 2.43. The number of carbonyl (C=O) groups is 1. The number of fused-ring (bicyclic) bond motifs is 2. The third-order valence-corrected chi connectivity index (χ3v) is 5.91. The number of nitrogen functional groups attached to an aromatic ring is 2. The highest BCUT2D eigenvalue weighted by molar-refractivity contribution is 5.75. The Morgan fingerprint density at radius 1 is 0.907 bits per heavy atom. The second kappa shape index (κ2) is 15.1. The molecular weight excluding hydrogens is 574 g/mol. The average Bonchev–Trinajstić information content (AvgIpc) is 3.57. The average molecular weight is 610 g/mol. The van der Waals surface area contributed by atoms with Crippen LogP contribution in [-0.4, -0.2) is 105 Å². The van der Waals surface area contributed by atoms with Crippen LogP contribution < -0.4 is 28.3 Å². The molecule has 0 saturated heterocycles. The number of imidazole rings is 2. The Morgan fingerprint density at radius 3 is 2.14 bits per heavy atom. The van der Waals surface area contributed by atoms with Gasteiger partial charge in [0.05, 0.1) is 32.5 Å². The fraction of sp³-hybridized carbons (Fsp3) is 0.522.